The molecule has 0 unspecified atom stereocenters. The van der Waals surface area contributed by atoms with Crippen molar-refractivity contribution >= 4 is 18.1 Å². The summed E-state index contributed by atoms with van der Waals surface area (Å²) < 4.78 is 0. The predicted octanol–water partition coefficient (Wildman–Crippen LogP) is -10.0. The number of guanidine groups is 2. The van der Waals surface area contributed by atoms with Crippen molar-refractivity contribution in [3.8, 4) is 0 Å². The third kappa shape index (κ3) is 335. The molecule has 0 radical (unpaired) electrons. The van der Waals surface area contributed by atoms with Crippen LogP contribution in [0.2, 0.25) is 0 Å². The van der Waals surface area contributed by atoms with E-state index in [9.17, 15) is 0 Å². The van der Waals surface area contributed by atoms with Gasteiger partial charge in [0.1, 0.15) is 0 Å². The van der Waals surface area contributed by atoms with E-state index in [1.807, 2.05) is 10.2 Å². The summed E-state index contributed by atoms with van der Waals surface area (Å²) in [6.07, 6.45) is -2.33. The lowest BCUT2D eigenvalue weighted by molar-refractivity contribution is -0.471. The first-order valence-electron chi connectivity index (χ1n) is 2.84. The van der Waals surface area contributed by atoms with Crippen molar-refractivity contribution in [3.05, 3.63) is 0 Å². The van der Waals surface area contributed by atoms with Gasteiger partial charge >= 0.3 is 11.9 Å². The molecule has 0 atom stereocenters. The van der Waals surface area contributed by atoms with E-state index in [0.717, 1.165) is 0 Å². The lowest BCUT2D eigenvalue weighted by atomic mass is 11.1. The number of carbonyl (C=O) groups excluding carboxylic acids is 1. The van der Waals surface area contributed by atoms with Gasteiger partial charge in [-0.05, 0) is 6.16 Å². The van der Waals surface area contributed by atoms with Crippen molar-refractivity contribution in [2.75, 3.05) is 0 Å². The molecule has 0 spiro atoms. The number of hydrazine groups is 2. The molecule has 0 aromatic rings. The van der Waals surface area contributed by atoms with Gasteiger partial charge in [-0.2, -0.15) is 10.2 Å². The van der Waals surface area contributed by atoms with E-state index >= 15 is 0 Å². The van der Waals surface area contributed by atoms with Crippen molar-refractivity contribution in [2.24, 2.45) is 34.6 Å². The van der Waals surface area contributed by atoms with Gasteiger partial charge < -0.3 is 15.0 Å². The van der Waals surface area contributed by atoms with Crippen molar-refractivity contribution in [1.82, 2.24) is 0 Å². The first-order valence-corrected chi connectivity index (χ1v) is 2.84. The number of hydrogen-bond donors (Lipinski definition) is 8. The van der Waals surface area contributed by atoms with Gasteiger partial charge in [-0.15, -0.1) is 0 Å². The van der Waals surface area contributed by atoms with Crippen molar-refractivity contribution in [3.63, 3.8) is 0 Å². The Balaban J connectivity index is -0.000000131. The average molecular weight is 210 g/mol. The van der Waals surface area contributed by atoms with Gasteiger partial charge in [0.05, 0.1) is 0 Å². The van der Waals surface area contributed by atoms with Gasteiger partial charge in [0, 0.05) is 0 Å². The van der Waals surface area contributed by atoms with Crippen LogP contribution in [0.15, 0.2) is 0 Å². The second-order valence-electron chi connectivity index (χ2n) is 1.45. The van der Waals surface area contributed by atoms with Crippen LogP contribution in [-0.2, 0) is 0 Å². The molecule has 0 saturated heterocycles. The number of nitrogens with two attached hydrogens (primary N) is 6. The third-order valence-corrected chi connectivity index (χ3v) is 0.333. The minimum absolute atomic E-state index is 0.0324. The molecule has 0 aromatic carbocycles. The summed E-state index contributed by atoms with van der Waals surface area (Å²) in [4.78, 5) is 8.33. The van der Waals surface area contributed by atoms with Crippen molar-refractivity contribution in [1.29, 1.82) is 0 Å². The molecule has 0 rings (SSSR count). The first-order chi connectivity index (χ1) is 6.27. The number of rotatable bonds is 0. The maximum Gasteiger partial charge on any atom is 0.360 e. The molecule has 0 fully saturated rings. The smallest absolute Gasteiger partial charge is 0.360 e. The van der Waals surface area contributed by atoms with E-state index in [1.165, 1.54) is 0 Å². The Kier molecular flexibility index (Phi) is 16.3. The second-order valence-corrected chi connectivity index (χ2v) is 1.45. The second kappa shape index (κ2) is 13.0. The molecule has 0 aromatic heterocycles. The summed E-state index contributed by atoms with van der Waals surface area (Å²) in [5, 5.41) is 20.7. The molecule has 0 amide bonds. The van der Waals surface area contributed by atoms with Crippen LogP contribution in [0, 0.1) is 0 Å². The lowest BCUT2D eigenvalue weighted by Crippen LogP contribution is -2.84. The zero-order chi connectivity index (χ0) is 12.1. The molecular formula is C3H14N8O3. The van der Waals surface area contributed by atoms with E-state index < -0.39 is 6.16 Å². The molecule has 0 heterocycles. The van der Waals surface area contributed by atoms with Crippen molar-refractivity contribution < 1.29 is 25.2 Å². The Morgan fingerprint density at radius 3 is 0.929 bits per heavy atom. The zero-order valence-corrected chi connectivity index (χ0v) is 7.19. The molecule has 0 bridgehead atoms. The third-order valence-electron chi connectivity index (χ3n) is 0.333. The summed E-state index contributed by atoms with van der Waals surface area (Å²) >= 11 is 0. The highest BCUT2D eigenvalue weighted by atomic mass is 16.6. The highest BCUT2D eigenvalue weighted by Crippen LogP contribution is 1.21. The lowest BCUT2D eigenvalue weighted by Gasteiger charge is -1.96. The highest BCUT2D eigenvalue weighted by Gasteiger charge is 1.72. The highest BCUT2D eigenvalue weighted by molar-refractivity contribution is 5.69. The SMILES string of the molecule is N[NH+]=C(N)N.N[NH+]=C(N)N.O=C([O-])[O-]. The molecule has 0 aliphatic rings. The van der Waals surface area contributed by atoms with Gasteiger partial charge in [-0.3, -0.25) is 34.6 Å². The summed E-state index contributed by atoms with van der Waals surface area (Å²) in [5.41, 5.74) is 19.0. The maximum absolute atomic E-state index is 8.33. The summed E-state index contributed by atoms with van der Waals surface area (Å²) in [7, 11) is 0. The van der Waals surface area contributed by atoms with Crippen LogP contribution in [0.4, 0.5) is 4.79 Å². The minimum atomic E-state index is -2.33. The fourth-order valence-electron chi connectivity index (χ4n) is 0. The molecule has 0 aliphatic heterocycles. The van der Waals surface area contributed by atoms with Gasteiger partial charge in [-0.25, -0.2) is 0 Å². The normalized spacial score (nSPS) is 6.29. The van der Waals surface area contributed by atoms with Crippen LogP contribution in [0.5, 0.6) is 0 Å². The van der Waals surface area contributed by atoms with E-state index in [4.69, 9.17) is 37.9 Å². The summed E-state index contributed by atoms with van der Waals surface area (Å²) in [6, 6.07) is 0. The van der Waals surface area contributed by atoms with Crippen LogP contribution in [-0.4, -0.2) is 18.1 Å². The molecular weight excluding hydrogens is 196 g/mol. The predicted molar refractivity (Wildman–Crippen MR) is 42.5 cm³/mol. The summed E-state index contributed by atoms with van der Waals surface area (Å²) in [5.74, 6) is 9.33. The molecule has 0 saturated carbocycles. The van der Waals surface area contributed by atoms with E-state index in [-0.39, 0.29) is 11.9 Å². The van der Waals surface area contributed by atoms with Crippen LogP contribution < -0.4 is 55.0 Å². The van der Waals surface area contributed by atoms with Crippen LogP contribution in [0.3, 0.4) is 0 Å². The fourth-order valence-corrected chi connectivity index (χ4v) is 0. The molecule has 11 heteroatoms. The average Bonchev–Trinajstić information content (AvgIpc) is 2.04. The first kappa shape index (κ1) is 17.5. The molecule has 14 heavy (non-hydrogen) atoms. The maximum atomic E-state index is 8.33. The van der Waals surface area contributed by atoms with Gasteiger partial charge in [0.15, 0.2) is 0 Å². The topological polar surface area (TPSA) is 247 Å². The Bertz CT molecular complexity index is 172. The van der Waals surface area contributed by atoms with Crippen LogP contribution >= 0.6 is 0 Å². The molecule has 84 valence electrons. The zero-order valence-electron chi connectivity index (χ0n) is 7.19. The Labute approximate surface area is 79.0 Å². The largest absolute Gasteiger partial charge is 0.652 e. The Morgan fingerprint density at radius 2 is 0.929 bits per heavy atom. The summed E-state index contributed by atoms with van der Waals surface area (Å²) in [6.45, 7) is 0. The number of hydrazone groups is 2. The Morgan fingerprint density at radius 1 is 0.857 bits per heavy atom. The number of nitrogens with one attached hydrogen (secondary N) is 2. The van der Waals surface area contributed by atoms with Gasteiger partial charge in [0.2, 0.25) is 0 Å². The quantitative estimate of drug-likeness (QED) is 0.0815. The van der Waals surface area contributed by atoms with Crippen molar-refractivity contribution in [2.45, 2.75) is 0 Å². The minimum Gasteiger partial charge on any atom is -0.652 e. The Hall–Kier alpha value is -2.59. The van der Waals surface area contributed by atoms with E-state index in [1.54, 1.807) is 0 Å². The monoisotopic (exact) mass is 210 g/mol. The number of carbonyl (C=O) groups is 1. The van der Waals surface area contributed by atoms with E-state index in [0.29, 0.717) is 0 Å². The fraction of sp³-hybridized carbons (Fsp3) is 0. The van der Waals surface area contributed by atoms with E-state index in [2.05, 4.69) is 11.7 Å². The molecule has 11 nitrogen and oxygen atoms in total. The van der Waals surface area contributed by atoms with Gasteiger partial charge in [0.25, 0.3) is 0 Å². The number of hydrogen-bond acceptors (Lipinski definition) is 5. The standard InChI is InChI=1S/2CH6N4.CH2O3/c2*2-1(3)5-4;2-1(3)4/h2*4H2,(H4,2,3,5);(H2,2,3,4). The molecule has 14 N–H and O–H groups in total. The van der Waals surface area contributed by atoms with Gasteiger partial charge in [-0.1, -0.05) is 0 Å². The van der Waals surface area contributed by atoms with Crippen LogP contribution in [0.1, 0.15) is 0 Å². The van der Waals surface area contributed by atoms with Crippen LogP contribution in [0.25, 0.3) is 0 Å². The number of carboxylic acid groups (broad SMARTS) is 2. The molecule has 0 aliphatic carbocycles.